The number of amides is 2. The molecule has 7 heteroatoms. The second-order valence-corrected chi connectivity index (χ2v) is 9.21. The van der Waals surface area contributed by atoms with Gasteiger partial charge in [0.05, 0.1) is 6.61 Å². The molecule has 4 aromatic carbocycles. The topological polar surface area (TPSA) is 76.7 Å². The van der Waals surface area contributed by atoms with E-state index in [2.05, 4.69) is 10.6 Å². The zero-order chi connectivity index (χ0) is 25.9. The van der Waals surface area contributed by atoms with Gasteiger partial charge in [-0.3, -0.25) is 9.59 Å². The summed E-state index contributed by atoms with van der Waals surface area (Å²) in [5.74, 6) is 0.971. The van der Waals surface area contributed by atoms with Crippen LogP contribution >= 0.6 is 11.8 Å². The van der Waals surface area contributed by atoms with Gasteiger partial charge in [-0.2, -0.15) is 0 Å². The molecule has 37 heavy (non-hydrogen) atoms. The summed E-state index contributed by atoms with van der Waals surface area (Å²) >= 11 is 1.41. The van der Waals surface area contributed by atoms with Gasteiger partial charge in [0.1, 0.15) is 16.7 Å². The van der Waals surface area contributed by atoms with E-state index in [-0.39, 0.29) is 18.4 Å². The van der Waals surface area contributed by atoms with Crippen LogP contribution in [0.15, 0.2) is 114 Å². The molecule has 0 saturated carbocycles. The largest absolute Gasteiger partial charge is 0.494 e. The Balaban J connectivity index is 1.44. The van der Waals surface area contributed by atoms with E-state index in [0.717, 1.165) is 16.2 Å². The van der Waals surface area contributed by atoms with Crippen LogP contribution in [0.1, 0.15) is 17.7 Å². The van der Waals surface area contributed by atoms with Gasteiger partial charge in [0.25, 0.3) is 5.91 Å². The van der Waals surface area contributed by atoms with Crippen molar-refractivity contribution in [1.82, 2.24) is 0 Å². The smallest absolute Gasteiger partial charge is 0.262 e. The molecule has 188 valence electrons. The number of thioether (sulfide) groups is 1. The molecule has 1 unspecified atom stereocenters. The number of rotatable bonds is 11. The van der Waals surface area contributed by atoms with Crippen molar-refractivity contribution in [3.05, 3.63) is 115 Å². The van der Waals surface area contributed by atoms with Crippen LogP contribution in [0.5, 0.6) is 11.5 Å². The molecule has 0 aliphatic carbocycles. The van der Waals surface area contributed by atoms with Crippen molar-refractivity contribution >= 4 is 35.0 Å². The maximum Gasteiger partial charge on any atom is 0.262 e. The molecule has 6 nitrogen and oxygen atoms in total. The van der Waals surface area contributed by atoms with E-state index < -0.39 is 5.25 Å². The Hall–Kier alpha value is -4.23. The number of nitrogens with one attached hydrogen (secondary N) is 2. The number of benzene rings is 4. The molecule has 0 fully saturated rings. The minimum atomic E-state index is -0.500. The van der Waals surface area contributed by atoms with Crippen LogP contribution in [0.3, 0.4) is 0 Å². The number of carbonyl (C=O) groups is 2. The van der Waals surface area contributed by atoms with E-state index in [1.54, 1.807) is 12.1 Å². The number of carbonyl (C=O) groups excluding carboxylic acids is 2. The third kappa shape index (κ3) is 7.88. The second-order valence-electron chi connectivity index (χ2n) is 8.03. The maximum absolute atomic E-state index is 13.4. The molecule has 4 rings (SSSR count). The Bertz CT molecular complexity index is 1300. The van der Waals surface area contributed by atoms with Gasteiger partial charge in [-0.1, -0.05) is 54.6 Å². The number of para-hydroxylation sites is 1. The molecular weight excluding hydrogens is 484 g/mol. The first-order valence-electron chi connectivity index (χ1n) is 11.9. The average molecular weight is 513 g/mol. The lowest BCUT2D eigenvalue weighted by atomic mass is 10.1. The zero-order valence-electron chi connectivity index (χ0n) is 20.4. The lowest BCUT2D eigenvalue weighted by Gasteiger charge is -2.18. The van der Waals surface area contributed by atoms with E-state index in [9.17, 15) is 9.59 Å². The van der Waals surface area contributed by atoms with E-state index in [1.807, 2.05) is 104 Å². The highest BCUT2D eigenvalue weighted by molar-refractivity contribution is 8.00. The first-order valence-corrected chi connectivity index (χ1v) is 12.8. The van der Waals surface area contributed by atoms with Gasteiger partial charge in [0.2, 0.25) is 5.91 Å². The van der Waals surface area contributed by atoms with Crippen LogP contribution in [0.2, 0.25) is 0 Å². The van der Waals surface area contributed by atoms with Crippen molar-refractivity contribution in [3.63, 3.8) is 0 Å². The van der Waals surface area contributed by atoms with Gasteiger partial charge in [-0.15, -0.1) is 11.8 Å². The van der Waals surface area contributed by atoms with Gasteiger partial charge in [-0.05, 0) is 67.1 Å². The highest BCUT2D eigenvalue weighted by atomic mass is 32.2. The van der Waals surface area contributed by atoms with E-state index in [4.69, 9.17) is 9.47 Å². The molecule has 0 saturated heterocycles. The predicted octanol–water partition coefficient (Wildman–Crippen LogP) is 6.57. The standard InChI is InChI=1S/C30H28N2O4S/c1-2-35-26-18-16-23(17-19-26)32-30(34)29(22-10-5-3-6-11-22)37-27-15-9-12-24(20-27)31-28(33)21-36-25-13-7-4-8-14-25/h3-20,29H,2,21H2,1H3,(H,31,33)(H,32,34). The van der Waals surface area contributed by atoms with Crippen LogP contribution in [0, 0.1) is 0 Å². The van der Waals surface area contributed by atoms with E-state index in [1.165, 1.54) is 11.8 Å². The van der Waals surface area contributed by atoms with Gasteiger partial charge >= 0.3 is 0 Å². The minimum absolute atomic E-state index is 0.0987. The highest BCUT2D eigenvalue weighted by Crippen LogP contribution is 2.37. The van der Waals surface area contributed by atoms with Crippen molar-refractivity contribution in [2.45, 2.75) is 17.1 Å². The Morgan fingerprint density at radius 1 is 0.730 bits per heavy atom. The van der Waals surface area contributed by atoms with Crippen LogP contribution < -0.4 is 20.1 Å². The first-order chi connectivity index (χ1) is 18.1. The predicted molar refractivity (Wildman–Crippen MR) is 148 cm³/mol. The second kappa shape index (κ2) is 13.2. The summed E-state index contributed by atoms with van der Waals surface area (Å²) < 4.78 is 11.0. The van der Waals surface area contributed by atoms with Crippen LogP contribution in [0.4, 0.5) is 11.4 Å². The minimum Gasteiger partial charge on any atom is -0.494 e. The summed E-state index contributed by atoms with van der Waals surface area (Å²) in [6.45, 7) is 2.41. The van der Waals surface area contributed by atoms with Crippen molar-refractivity contribution in [1.29, 1.82) is 0 Å². The zero-order valence-corrected chi connectivity index (χ0v) is 21.2. The molecule has 4 aromatic rings. The molecule has 0 bridgehead atoms. The Kier molecular flexibility index (Phi) is 9.21. The van der Waals surface area contributed by atoms with Crippen molar-refractivity contribution < 1.29 is 19.1 Å². The average Bonchev–Trinajstić information content (AvgIpc) is 2.93. The molecule has 1 atom stereocenters. The summed E-state index contributed by atoms with van der Waals surface area (Å²) in [4.78, 5) is 26.6. The van der Waals surface area contributed by atoms with Gasteiger partial charge < -0.3 is 20.1 Å². The van der Waals surface area contributed by atoms with Crippen LogP contribution in [-0.2, 0) is 9.59 Å². The Morgan fingerprint density at radius 2 is 1.41 bits per heavy atom. The number of hydrogen-bond donors (Lipinski definition) is 2. The Labute approximate surface area is 221 Å². The summed E-state index contributed by atoms with van der Waals surface area (Å²) in [5, 5.41) is 5.37. The fourth-order valence-electron chi connectivity index (χ4n) is 3.56. The molecule has 2 amide bonds. The first kappa shape index (κ1) is 25.9. The summed E-state index contributed by atoms with van der Waals surface area (Å²) in [5.41, 5.74) is 2.20. The highest BCUT2D eigenvalue weighted by Gasteiger charge is 2.22. The summed E-state index contributed by atoms with van der Waals surface area (Å²) in [6.07, 6.45) is 0. The monoisotopic (exact) mass is 512 g/mol. The fourth-order valence-corrected chi connectivity index (χ4v) is 4.64. The van der Waals surface area contributed by atoms with Gasteiger partial charge in [-0.25, -0.2) is 0 Å². The van der Waals surface area contributed by atoms with Crippen molar-refractivity contribution in [3.8, 4) is 11.5 Å². The van der Waals surface area contributed by atoms with Crippen LogP contribution in [0.25, 0.3) is 0 Å². The Morgan fingerprint density at radius 3 is 2.11 bits per heavy atom. The molecule has 0 heterocycles. The van der Waals surface area contributed by atoms with Crippen LogP contribution in [-0.4, -0.2) is 25.0 Å². The fraction of sp³-hybridized carbons (Fsp3) is 0.133. The molecule has 0 aliphatic rings. The number of ether oxygens (including phenoxy) is 2. The quantitative estimate of drug-likeness (QED) is 0.222. The van der Waals surface area contributed by atoms with E-state index >= 15 is 0 Å². The van der Waals surface area contributed by atoms with Crippen molar-refractivity contribution in [2.75, 3.05) is 23.8 Å². The van der Waals surface area contributed by atoms with Gasteiger partial charge in [0.15, 0.2) is 6.61 Å². The molecule has 0 aliphatic heterocycles. The lowest BCUT2D eigenvalue weighted by molar-refractivity contribution is -0.118. The van der Waals surface area contributed by atoms with Gasteiger partial charge in [0, 0.05) is 16.3 Å². The van der Waals surface area contributed by atoms with Crippen molar-refractivity contribution in [2.24, 2.45) is 0 Å². The molecule has 0 aromatic heterocycles. The summed E-state index contributed by atoms with van der Waals surface area (Å²) in [6, 6.07) is 33.5. The number of hydrogen-bond acceptors (Lipinski definition) is 5. The van der Waals surface area contributed by atoms with E-state index in [0.29, 0.717) is 23.7 Å². The maximum atomic E-state index is 13.4. The molecule has 2 N–H and O–H groups in total. The number of anilines is 2. The summed E-state index contributed by atoms with van der Waals surface area (Å²) in [7, 11) is 0. The third-order valence-corrected chi connectivity index (χ3v) is 6.51. The molecule has 0 radical (unpaired) electrons. The lowest BCUT2D eigenvalue weighted by Crippen LogP contribution is -2.20. The SMILES string of the molecule is CCOc1ccc(NC(=O)C(Sc2cccc(NC(=O)COc3ccccc3)c2)c2ccccc2)cc1. The molecule has 0 spiro atoms. The molecular formula is C30H28N2O4S. The normalized spacial score (nSPS) is 11.3. The third-order valence-electron chi connectivity index (χ3n) is 5.26.